The van der Waals surface area contributed by atoms with Gasteiger partial charge < -0.3 is 9.80 Å². The molecule has 4 heterocycles. The highest BCUT2D eigenvalue weighted by molar-refractivity contribution is 6.31. The number of hydrogen-bond acceptors (Lipinski definition) is 6. The van der Waals surface area contributed by atoms with Gasteiger partial charge in [-0.15, -0.1) is 0 Å². The maximum atomic E-state index is 6.11. The number of hydrogen-bond donors (Lipinski definition) is 0. The molecular formula is C21H21ClN6. The third-order valence-electron chi connectivity index (χ3n) is 5.41. The third-order valence-corrected chi connectivity index (χ3v) is 5.64. The lowest BCUT2D eigenvalue weighted by Crippen LogP contribution is -2.32. The Balaban J connectivity index is 1.40. The van der Waals surface area contributed by atoms with Crippen LogP contribution in [0, 0.1) is 0 Å². The van der Waals surface area contributed by atoms with Crippen LogP contribution in [0.1, 0.15) is 25.0 Å². The summed E-state index contributed by atoms with van der Waals surface area (Å²) in [6.45, 7) is 3.82. The molecule has 1 aromatic carbocycles. The lowest BCUT2D eigenvalue weighted by Gasteiger charge is -2.30. The topological polar surface area (TPSA) is 58.0 Å². The average molecular weight is 393 g/mol. The smallest absolute Gasteiger partial charge is 0.172 e. The van der Waals surface area contributed by atoms with E-state index in [-0.39, 0.29) is 0 Å². The summed E-state index contributed by atoms with van der Waals surface area (Å²) in [5, 5.41) is 0.680. The quantitative estimate of drug-likeness (QED) is 0.672. The molecule has 0 unspecified atom stereocenters. The van der Waals surface area contributed by atoms with Crippen LogP contribution in [0.5, 0.6) is 0 Å². The van der Waals surface area contributed by atoms with Crippen molar-refractivity contribution in [3.05, 3.63) is 53.6 Å². The summed E-state index contributed by atoms with van der Waals surface area (Å²) in [4.78, 5) is 23.2. The SMILES string of the molecule is Clc1ccc2ncc(C3=CCN(c4nccnc4N4CCCC4)CC3)nc2c1. The van der Waals surface area contributed by atoms with E-state index in [0.717, 1.165) is 61.0 Å². The summed E-state index contributed by atoms with van der Waals surface area (Å²) in [5.74, 6) is 1.99. The van der Waals surface area contributed by atoms with Crippen LogP contribution in [0.15, 0.2) is 42.9 Å². The molecule has 2 aromatic heterocycles. The van der Waals surface area contributed by atoms with E-state index in [9.17, 15) is 0 Å². The fraction of sp³-hybridized carbons (Fsp3) is 0.333. The maximum Gasteiger partial charge on any atom is 0.172 e. The molecule has 0 atom stereocenters. The third kappa shape index (κ3) is 3.29. The zero-order valence-electron chi connectivity index (χ0n) is 15.6. The number of benzene rings is 1. The molecule has 5 rings (SSSR count). The molecule has 0 amide bonds. The molecule has 1 saturated heterocycles. The summed E-state index contributed by atoms with van der Waals surface area (Å²) in [5.41, 5.74) is 3.84. The van der Waals surface area contributed by atoms with Gasteiger partial charge in [0.2, 0.25) is 0 Å². The minimum Gasteiger partial charge on any atom is -0.354 e. The molecule has 6 nitrogen and oxygen atoms in total. The summed E-state index contributed by atoms with van der Waals surface area (Å²) in [6, 6.07) is 5.61. The second-order valence-corrected chi connectivity index (χ2v) is 7.65. The summed E-state index contributed by atoms with van der Waals surface area (Å²) >= 11 is 6.11. The second-order valence-electron chi connectivity index (χ2n) is 7.21. The lowest BCUT2D eigenvalue weighted by atomic mass is 10.0. The van der Waals surface area contributed by atoms with Crippen LogP contribution in [-0.4, -0.2) is 46.1 Å². The highest BCUT2D eigenvalue weighted by atomic mass is 35.5. The molecule has 142 valence electrons. The first-order valence-corrected chi connectivity index (χ1v) is 10.1. The fourth-order valence-corrected chi connectivity index (χ4v) is 4.10. The molecule has 1 fully saturated rings. The minimum absolute atomic E-state index is 0.680. The predicted octanol–water partition coefficient (Wildman–Crippen LogP) is 3.97. The summed E-state index contributed by atoms with van der Waals surface area (Å²) in [6.07, 6.45) is 11.0. The average Bonchev–Trinajstić information content (AvgIpc) is 3.28. The molecule has 7 heteroatoms. The van der Waals surface area contributed by atoms with Gasteiger partial charge in [-0.2, -0.15) is 0 Å². The highest BCUT2D eigenvalue weighted by Gasteiger charge is 2.23. The van der Waals surface area contributed by atoms with E-state index in [1.807, 2.05) is 24.4 Å². The van der Waals surface area contributed by atoms with Crippen LogP contribution < -0.4 is 9.80 Å². The Labute approximate surface area is 168 Å². The van der Waals surface area contributed by atoms with Gasteiger partial charge in [-0.05, 0) is 43.0 Å². The second kappa shape index (κ2) is 7.36. The van der Waals surface area contributed by atoms with Crippen molar-refractivity contribution in [2.24, 2.45) is 0 Å². The monoisotopic (exact) mass is 392 g/mol. The predicted molar refractivity (Wildman–Crippen MR) is 113 cm³/mol. The standard InChI is InChI=1S/C21H21ClN6/c22-16-3-4-17-18(13-16)26-19(14-25-17)15-5-11-28(12-6-15)21-20(23-7-8-24-21)27-9-1-2-10-27/h3-5,7-8,13-14H,1-2,6,9-12H2. The van der Waals surface area contributed by atoms with Crippen LogP contribution in [-0.2, 0) is 0 Å². The van der Waals surface area contributed by atoms with E-state index >= 15 is 0 Å². The van der Waals surface area contributed by atoms with Gasteiger partial charge >= 0.3 is 0 Å². The van der Waals surface area contributed by atoms with Gasteiger partial charge in [0.1, 0.15) is 0 Å². The van der Waals surface area contributed by atoms with Gasteiger partial charge in [0.25, 0.3) is 0 Å². The summed E-state index contributed by atoms with van der Waals surface area (Å²) < 4.78 is 0. The zero-order chi connectivity index (χ0) is 18.9. The van der Waals surface area contributed by atoms with Gasteiger partial charge in [0, 0.05) is 43.6 Å². The van der Waals surface area contributed by atoms with Gasteiger partial charge in [-0.3, -0.25) is 4.98 Å². The van der Waals surface area contributed by atoms with Gasteiger partial charge in [0.05, 0.1) is 22.9 Å². The van der Waals surface area contributed by atoms with Gasteiger partial charge in [-0.1, -0.05) is 17.7 Å². The Kier molecular flexibility index (Phi) is 4.56. The zero-order valence-corrected chi connectivity index (χ0v) is 16.3. The molecule has 0 bridgehead atoms. The Hall–Kier alpha value is -2.73. The van der Waals surface area contributed by atoms with Crippen molar-refractivity contribution in [2.75, 3.05) is 36.0 Å². The Morgan fingerprint density at radius 3 is 2.39 bits per heavy atom. The van der Waals surface area contributed by atoms with Crippen LogP contribution in [0.2, 0.25) is 5.02 Å². The molecular weight excluding hydrogens is 372 g/mol. The van der Waals surface area contributed by atoms with E-state index < -0.39 is 0 Å². The van der Waals surface area contributed by atoms with Gasteiger partial charge in [0.15, 0.2) is 11.6 Å². The van der Waals surface area contributed by atoms with E-state index in [0.29, 0.717) is 5.02 Å². The number of aromatic nitrogens is 4. The minimum atomic E-state index is 0.680. The molecule has 28 heavy (non-hydrogen) atoms. The number of rotatable bonds is 3. The van der Waals surface area contributed by atoms with Crippen molar-refractivity contribution in [1.29, 1.82) is 0 Å². The number of fused-ring (bicyclic) bond motifs is 1. The molecule has 3 aromatic rings. The molecule has 0 spiro atoms. The normalized spacial score (nSPS) is 17.2. The van der Waals surface area contributed by atoms with E-state index in [4.69, 9.17) is 16.6 Å². The van der Waals surface area contributed by atoms with Crippen molar-refractivity contribution in [1.82, 2.24) is 19.9 Å². The molecule has 0 aliphatic carbocycles. The van der Waals surface area contributed by atoms with Gasteiger partial charge in [-0.25, -0.2) is 15.0 Å². The molecule has 2 aliphatic rings. The van der Waals surface area contributed by atoms with Crippen LogP contribution >= 0.6 is 11.6 Å². The van der Waals surface area contributed by atoms with Crippen molar-refractivity contribution < 1.29 is 0 Å². The van der Waals surface area contributed by atoms with Crippen LogP contribution in [0.4, 0.5) is 11.6 Å². The Morgan fingerprint density at radius 1 is 0.857 bits per heavy atom. The largest absolute Gasteiger partial charge is 0.354 e. The number of anilines is 2. The summed E-state index contributed by atoms with van der Waals surface area (Å²) in [7, 11) is 0. The molecule has 0 radical (unpaired) electrons. The van der Waals surface area contributed by atoms with Crippen LogP contribution in [0.3, 0.4) is 0 Å². The number of nitrogens with zero attached hydrogens (tertiary/aromatic N) is 6. The van der Waals surface area contributed by atoms with Crippen LogP contribution in [0.25, 0.3) is 16.6 Å². The van der Waals surface area contributed by atoms with Crippen molar-refractivity contribution in [3.63, 3.8) is 0 Å². The van der Waals surface area contributed by atoms with E-state index in [1.165, 1.54) is 18.4 Å². The fourth-order valence-electron chi connectivity index (χ4n) is 3.93. The molecule has 0 N–H and O–H groups in total. The highest BCUT2D eigenvalue weighted by Crippen LogP contribution is 2.31. The van der Waals surface area contributed by atoms with E-state index in [1.54, 1.807) is 12.4 Å². The molecule has 0 saturated carbocycles. The maximum absolute atomic E-state index is 6.11. The first-order valence-electron chi connectivity index (χ1n) is 9.70. The Morgan fingerprint density at radius 2 is 1.64 bits per heavy atom. The van der Waals surface area contributed by atoms with E-state index in [2.05, 4.69) is 30.8 Å². The Bertz CT molecular complexity index is 1040. The van der Waals surface area contributed by atoms with Crippen molar-refractivity contribution >= 4 is 39.8 Å². The lowest BCUT2D eigenvalue weighted by molar-refractivity contribution is 0.799. The van der Waals surface area contributed by atoms with Crippen molar-refractivity contribution in [2.45, 2.75) is 19.3 Å². The first kappa shape index (κ1) is 17.4. The van der Waals surface area contributed by atoms with Crippen molar-refractivity contribution in [3.8, 4) is 0 Å². The molecule has 2 aliphatic heterocycles. The first-order chi connectivity index (χ1) is 13.8. The number of halogens is 1.